The standard InChI is InChI=1S/C37H39Cl2N3O6S/c1-45-31-10-8-25(16-33(31)46-2)32(17-27-29(38)20-41-21-30(27)39)47-37(44)35-11-9-26(49-35)18-40-19-28(23-6-4-3-5-7-23)36(43)48-34-22-42-14-12-24(34)13-15-42/h3-11,16,20-21,24,28,32,34,40H,12-15,17-19,22H2,1-2H3/p+1/t28?,32-,34-/m0/s1. The van der Waals surface area contributed by atoms with Crippen molar-refractivity contribution in [2.75, 3.05) is 40.4 Å². The van der Waals surface area contributed by atoms with Crippen molar-refractivity contribution in [2.24, 2.45) is 5.92 Å². The summed E-state index contributed by atoms with van der Waals surface area (Å²) in [5.74, 6) is 0.371. The molecule has 0 aliphatic carbocycles. The third kappa shape index (κ3) is 8.56. The van der Waals surface area contributed by atoms with Crippen LogP contribution in [0.4, 0.5) is 0 Å². The molecule has 0 spiro atoms. The number of aromatic nitrogens is 1. The molecule has 2 N–H and O–H groups in total. The first-order valence-corrected chi connectivity index (χ1v) is 17.9. The summed E-state index contributed by atoms with van der Waals surface area (Å²) >= 11 is 14.3. The number of halogens is 2. The molecule has 3 atom stereocenters. The fourth-order valence-corrected chi connectivity index (χ4v) is 7.94. The van der Waals surface area contributed by atoms with Gasteiger partial charge in [-0.3, -0.25) is 9.69 Å². The van der Waals surface area contributed by atoms with Crippen LogP contribution in [0.3, 0.4) is 0 Å². The summed E-state index contributed by atoms with van der Waals surface area (Å²) < 4.78 is 23.1. The third-order valence-electron chi connectivity index (χ3n) is 9.28. The molecule has 3 fully saturated rings. The molecule has 3 aliphatic rings. The summed E-state index contributed by atoms with van der Waals surface area (Å²) in [6.45, 7) is 3.86. The van der Waals surface area contributed by atoms with E-state index in [1.807, 2.05) is 42.5 Å². The Bertz CT molecular complexity index is 1730. The van der Waals surface area contributed by atoms with E-state index in [0.717, 1.165) is 42.9 Å². The van der Waals surface area contributed by atoms with E-state index >= 15 is 0 Å². The van der Waals surface area contributed by atoms with Crippen LogP contribution >= 0.6 is 34.5 Å². The number of benzene rings is 2. The lowest BCUT2D eigenvalue weighted by atomic mass is 9.85. The highest BCUT2D eigenvalue weighted by Crippen LogP contribution is 2.36. The number of thiophene rings is 1. The number of nitrogens with one attached hydrogen (secondary N) is 2. The molecule has 0 saturated carbocycles. The summed E-state index contributed by atoms with van der Waals surface area (Å²) in [5, 5.41) is 4.29. The Kier molecular flexibility index (Phi) is 11.7. The van der Waals surface area contributed by atoms with Gasteiger partial charge in [0.25, 0.3) is 0 Å². The van der Waals surface area contributed by atoms with Gasteiger partial charge in [-0.15, -0.1) is 11.3 Å². The fourth-order valence-electron chi connectivity index (χ4n) is 6.55. The van der Waals surface area contributed by atoms with Crippen LogP contribution in [0.25, 0.3) is 0 Å². The molecule has 0 amide bonds. The van der Waals surface area contributed by atoms with Gasteiger partial charge in [-0.05, 0) is 67.2 Å². The van der Waals surface area contributed by atoms with E-state index < -0.39 is 18.0 Å². The van der Waals surface area contributed by atoms with Crippen molar-refractivity contribution in [3.63, 3.8) is 0 Å². The van der Waals surface area contributed by atoms with Gasteiger partial charge >= 0.3 is 11.9 Å². The normalized spacial score (nSPS) is 19.6. The molecule has 7 rings (SSSR count). The number of aromatic amines is 1. The van der Waals surface area contributed by atoms with Crippen LogP contribution in [0, 0.1) is 5.92 Å². The van der Waals surface area contributed by atoms with E-state index in [1.54, 1.807) is 44.8 Å². The van der Waals surface area contributed by atoms with Crippen molar-refractivity contribution in [3.05, 3.63) is 110 Å². The molecule has 2 bridgehead atoms. The number of rotatable bonds is 14. The van der Waals surface area contributed by atoms with Crippen molar-refractivity contribution < 1.29 is 33.5 Å². The van der Waals surface area contributed by atoms with E-state index in [2.05, 4.69) is 15.2 Å². The molecule has 4 aromatic rings. The zero-order chi connectivity index (χ0) is 34.3. The van der Waals surface area contributed by atoms with E-state index in [9.17, 15) is 9.59 Å². The van der Waals surface area contributed by atoms with Crippen molar-refractivity contribution in [1.82, 2.24) is 10.2 Å². The minimum atomic E-state index is -0.720. The monoisotopic (exact) mass is 724 g/mol. The number of nitrogens with zero attached hydrogens (tertiary/aromatic N) is 1. The first-order chi connectivity index (χ1) is 23.8. The SMILES string of the molecule is COc1ccc([C@H](Cc2c(Cl)c[nH+]cc2Cl)OC(=O)c2ccc(CNCC(C(=O)O[C@H]3CN4CCC3CC4)c3ccccc3)s2)cc1OC. The number of H-pyrrole nitrogens is 1. The zero-order valence-electron chi connectivity index (χ0n) is 27.5. The van der Waals surface area contributed by atoms with Crippen LogP contribution in [0.5, 0.6) is 11.5 Å². The van der Waals surface area contributed by atoms with Gasteiger partial charge in [0.1, 0.15) is 27.1 Å². The molecule has 3 aliphatic heterocycles. The number of methoxy groups -OCH3 is 2. The second kappa shape index (κ2) is 16.4. The van der Waals surface area contributed by atoms with E-state index in [4.69, 9.17) is 42.1 Å². The van der Waals surface area contributed by atoms with Gasteiger partial charge in [0, 0.05) is 36.5 Å². The molecule has 1 unspecified atom stereocenters. The Labute approximate surface area is 300 Å². The lowest BCUT2D eigenvalue weighted by molar-refractivity contribution is -0.377. The smallest absolute Gasteiger partial charge is 0.348 e. The van der Waals surface area contributed by atoms with Crippen molar-refractivity contribution in [2.45, 2.75) is 43.9 Å². The summed E-state index contributed by atoms with van der Waals surface area (Å²) in [7, 11) is 3.11. The average Bonchev–Trinajstić information content (AvgIpc) is 3.61. The predicted octanol–water partition coefficient (Wildman–Crippen LogP) is 6.54. The Morgan fingerprint density at radius 3 is 2.37 bits per heavy atom. The molecule has 12 heteroatoms. The first-order valence-electron chi connectivity index (χ1n) is 16.4. The number of carbonyl (C=O) groups is 2. The van der Waals surface area contributed by atoms with Gasteiger partial charge in [-0.2, -0.15) is 0 Å². The molecule has 258 valence electrons. The maximum Gasteiger partial charge on any atom is 0.348 e. The Balaban J connectivity index is 1.12. The van der Waals surface area contributed by atoms with Gasteiger partial charge in [0.15, 0.2) is 23.9 Å². The highest BCUT2D eigenvalue weighted by Gasteiger charge is 2.38. The van der Waals surface area contributed by atoms with Crippen molar-refractivity contribution >= 4 is 46.5 Å². The molecule has 3 saturated heterocycles. The second-order valence-electron chi connectivity index (χ2n) is 12.3. The lowest BCUT2D eigenvalue weighted by Gasteiger charge is -2.44. The molecular weight excluding hydrogens is 685 g/mol. The fraction of sp³-hybridized carbons (Fsp3) is 0.378. The van der Waals surface area contributed by atoms with Gasteiger partial charge in [-0.1, -0.05) is 59.6 Å². The number of esters is 2. The highest BCUT2D eigenvalue weighted by atomic mass is 35.5. The molecule has 2 aromatic heterocycles. The Morgan fingerprint density at radius 1 is 0.959 bits per heavy atom. The number of pyridine rings is 1. The van der Waals surface area contributed by atoms with Crippen LogP contribution in [0.1, 0.15) is 56.1 Å². The van der Waals surface area contributed by atoms with Crippen LogP contribution in [0.15, 0.2) is 73.1 Å². The molecule has 49 heavy (non-hydrogen) atoms. The van der Waals surface area contributed by atoms with Gasteiger partial charge in [-0.25, -0.2) is 9.78 Å². The summed E-state index contributed by atoms with van der Waals surface area (Å²) in [6.07, 6.45) is 4.89. The number of piperidine rings is 3. The zero-order valence-corrected chi connectivity index (χ0v) is 29.8. The van der Waals surface area contributed by atoms with Crippen molar-refractivity contribution in [1.29, 1.82) is 0 Å². The highest BCUT2D eigenvalue weighted by molar-refractivity contribution is 7.13. The average molecular weight is 726 g/mol. The van der Waals surface area contributed by atoms with E-state index in [1.165, 1.54) is 11.3 Å². The largest absolute Gasteiger partial charge is 0.493 e. The molecule has 9 nitrogen and oxygen atoms in total. The molecule has 5 heterocycles. The number of carbonyl (C=O) groups excluding carboxylic acids is 2. The number of hydrogen-bond donors (Lipinski definition) is 1. The van der Waals surface area contributed by atoms with Crippen LogP contribution in [-0.4, -0.2) is 63.3 Å². The maximum atomic E-state index is 13.6. The van der Waals surface area contributed by atoms with Crippen molar-refractivity contribution in [3.8, 4) is 11.5 Å². The maximum absolute atomic E-state index is 13.6. The van der Waals surface area contributed by atoms with Crippen LogP contribution in [0.2, 0.25) is 10.0 Å². The van der Waals surface area contributed by atoms with Crippen LogP contribution in [-0.2, 0) is 27.2 Å². The van der Waals surface area contributed by atoms with Crippen LogP contribution < -0.4 is 19.8 Å². The minimum Gasteiger partial charge on any atom is -0.493 e. The summed E-state index contributed by atoms with van der Waals surface area (Å²) in [6, 6.07) is 18.8. The van der Waals surface area contributed by atoms with Gasteiger partial charge in [0.05, 0.1) is 20.1 Å². The number of ether oxygens (including phenoxy) is 4. The Hall–Kier alpha value is -3.67. The summed E-state index contributed by atoms with van der Waals surface area (Å²) in [4.78, 5) is 33.7. The summed E-state index contributed by atoms with van der Waals surface area (Å²) in [5.41, 5.74) is 2.25. The quantitative estimate of drug-likeness (QED) is 0.147. The molecule has 2 aromatic carbocycles. The van der Waals surface area contributed by atoms with E-state index in [-0.39, 0.29) is 18.5 Å². The van der Waals surface area contributed by atoms with E-state index in [0.29, 0.717) is 56.6 Å². The third-order valence-corrected chi connectivity index (χ3v) is 11.0. The Morgan fingerprint density at radius 2 is 1.69 bits per heavy atom. The molecular formula is C37H40Cl2N3O6S+. The predicted molar refractivity (Wildman–Crippen MR) is 189 cm³/mol. The number of fused-ring (bicyclic) bond motifs is 3. The van der Waals surface area contributed by atoms with Gasteiger partial charge < -0.3 is 24.3 Å². The second-order valence-corrected chi connectivity index (χ2v) is 14.3. The van der Waals surface area contributed by atoms with Gasteiger partial charge in [0.2, 0.25) is 0 Å². The first kappa shape index (κ1) is 35.2. The minimum absolute atomic E-state index is 0.0535. The topological polar surface area (TPSA) is 100 Å². The number of hydrogen-bond acceptors (Lipinski definition) is 9. The lowest BCUT2D eigenvalue weighted by Crippen LogP contribution is -2.52. The molecule has 0 radical (unpaired) electrons.